The summed E-state index contributed by atoms with van der Waals surface area (Å²) in [5.74, 6) is 0.765. The van der Waals surface area contributed by atoms with Gasteiger partial charge in [0, 0.05) is 24.3 Å². The fraction of sp³-hybridized carbons (Fsp3) is 0.529. The second-order valence-corrected chi connectivity index (χ2v) is 5.43. The molecule has 0 amide bonds. The van der Waals surface area contributed by atoms with Crippen molar-refractivity contribution < 1.29 is 0 Å². The first-order chi connectivity index (χ1) is 9.30. The largest absolute Gasteiger partial charge is 0.343 e. The fourth-order valence-corrected chi connectivity index (χ4v) is 2.83. The summed E-state index contributed by atoms with van der Waals surface area (Å²) in [6.45, 7) is 6.30. The number of hydrogen-bond acceptors (Lipinski definition) is 1. The Hall–Kier alpha value is -1.28. The molecule has 104 valence electrons. The maximum absolute atomic E-state index is 5.91. The van der Waals surface area contributed by atoms with E-state index in [0.717, 1.165) is 12.5 Å². The van der Waals surface area contributed by atoms with E-state index in [0.29, 0.717) is 6.54 Å². The number of unbranched alkanes of at least 4 members (excludes halogenated alkanes) is 1. The van der Waals surface area contributed by atoms with Gasteiger partial charge in [-0.1, -0.05) is 51.3 Å². The average molecular weight is 258 g/mol. The summed E-state index contributed by atoms with van der Waals surface area (Å²) in [5.41, 5.74) is 8.50. The lowest BCUT2D eigenvalue weighted by molar-refractivity contribution is 0.391. The van der Waals surface area contributed by atoms with E-state index in [-0.39, 0.29) is 0 Å². The van der Waals surface area contributed by atoms with Crippen LogP contribution in [0, 0.1) is 5.92 Å². The summed E-state index contributed by atoms with van der Waals surface area (Å²) in [6.07, 6.45) is 5.18. The molecule has 0 spiro atoms. The van der Waals surface area contributed by atoms with Gasteiger partial charge in [-0.15, -0.1) is 0 Å². The van der Waals surface area contributed by atoms with Crippen LogP contribution in [0.1, 0.15) is 45.2 Å². The van der Waals surface area contributed by atoms with Crippen molar-refractivity contribution in [2.45, 2.75) is 52.6 Å². The van der Waals surface area contributed by atoms with Gasteiger partial charge in [-0.05, 0) is 29.9 Å². The fourth-order valence-electron chi connectivity index (χ4n) is 2.83. The Morgan fingerprint density at radius 1 is 1.21 bits per heavy atom. The first-order valence-electron chi connectivity index (χ1n) is 7.57. The first-order valence-corrected chi connectivity index (χ1v) is 7.57. The van der Waals surface area contributed by atoms with Crippen molar-refractivity contribution in [3.63, 3.8) is 0 Å². The van der Waals surface area contributed by atoms with Gasteiger partial charge < -0.3 is 10.3 Å². The Labute approximate surface area is 116 Å². The van der Waals surface area contributed by atoms with Gasteiger partial charge in [0.2, 0.25) is 0 Å². The molecule has 0 saturated heterocycles. The summed E-state index contributed by atoms with van der Waals surface area (Å²) in [4.78, 5) is 0. The molecule has 0 saturated carbocycles. The van der Waals surface area contributed by atoms with Crippen molar-refractivity contribution in [2.24, 2.45) is 11.7 Å². The van der Waals surface area contributed by atoms with Crippen LogP contribution in [0.25, 0.3) is 10.9 Å². The molecule has 0 fully saturated rings. The van der Waals surface area contributed by atoms with Crippen molar-refractivity contribution in [2.75, 3.05) is 0 Å². The predicted molar refractivity (Wildman–Crippen MR) is 83.1 cm³/mol. The van der Waals surface area contributed by atoms with Crippen molar-refractivity contribution in [1.29, 1.82) is 0 Å². The first kappa shape index (κ1) is 14.1. The van der Waals surface area contributed by atoms with Crippen LogP contribution in [-0.2, 0) is 13.1 Å². The number of fused-ring (bicyclic) bond motifs is 1. The highest BCUT2D eigenvalue weighted by atomic mass is 15.0. The van der Waals surface area contributed by atoms with E-state index in [9.17, 15) is 0 Å². The number of nitrogens with zero attached hydrogens (tertiary/aromatic N) is 1. The lowest BCUT2D eigenvalue weighted by Crippen LogP contribution is -2.14. The second kappa shape index (κ2) is 6.76. The van der Waals surface area contributed by atoms with E-state index in [1.165, 1.54) is 42.3 Å². The second-order valence-electron chi connectivity index (χ2n) is 5.43. The summed E-state index contributed by atoms with van der Waals surface area (Å²) in [5, 5.41) is 1.31. The topological polar surface area (TPSA) is 30.9 Å². The molecule has 0 radical (unpaired) electrons. The number of rotatable bonds is 7. The van der Waals surface area contributed by atoms with E-state index >= 15 is 0 Å². The standard InChI is InChI=1S/C17H26N2/c1-3-5-8-14(4-2)13-19-16(12-18)11-15-9-6-7-10-17(15)19/h6-7,9-11,14H,3-5,8,12-13,18H2,1-2H3. The van der Waals surface area contributed by atoms with Crippen LogP contribution in [0.15, 0.2) is 30.3 Å². The zero-order valence-electron chi connectivity index (χ0n) is 12.2. The van der Waals surface area contributed by atoms with Gasteiger partial charge in [-0.3, -0.25) is 0 Å². The van der Waals surface area contributed by atoms with Gasteiger partial charge in [0.25, 0.3) is 0 Å². The van der Waals surface area contributed by atoms with Crippen LogP contribution in [-0.4, -0.2) is 4.57 Å². The molecule has 1 atom stereocenters. The minimum atomic E-state index is 0.624. The third-order valence-corrected chi connectivity index (χ3v) is 4.09. The maximum Gasteiger partial charge on any atom is 0.0483 e. The normalized spacial score (nSPS) is 13.0. The van der Waals surface area contributed by atoms with Gasteiger partial charge >= 0.3 is 0 Å². The molecule has 0 aliphatic heterocycles. The number of nitrogens with two attached hydrogens (primary N) is 1. The molecule has 2 N–H and O–H groups in total. The molecule has 19 heavy (non-hydrogen) atoms. The molecular formula is C17H26N2. The molecular weight excluding hydrogens is 232 g/mol. The molecule has 1 aromatic carbocycles. The van der Waals surface area contributed by atoms with E-state index in [1.807, 2.05) is 0 Å². The Balaban J connectivity index is 2.26. The van der Waals surface area contributed by atoms with Gasteiger partial charge in [0.05, 0.1) is 0 Å². The molecule has 0 aliphatic rings. The minimum Gasteiger partial charge on any atom is -0.343 e. The molecule has 0 bridgehead atoms. The number of benzene rings is 1. The molecule has 2 nitrogen and oxygen atoms in total. The highest BCUT2D eigenvalue weighted by Gasteiger charge is 2.12. The van der Waals surface area contributed by atoms with Crippen LogP contribution in [0.2, 0.25) is 0 Å². The number of para-hydroxylation sites is 1. The van der Waals surface area contributed by atoms with E-state index in [2.05, 4.69) is 48.7 Å². The van der Waals surface area contributed by atoms with Gasteiger partial charge in [-0.2, -0.15) is 0 Å². The third-order valence-electron chi connectivity index (χ3n) is 4.09. The molecule has 0 aliphatic carbocycles. The van der Waals surface area contributed by atoms with E-state index in [1.54, 1.807) is 0 Å². The minimum absolute atomic E-state index is 0.624. The van der Waals surface area contributed by atoms with Crippen LogP contribution in [0.5, 0.6) is 0 Å². The quantitative estimate of drug-likeness (QED) is 0.788. The Morgan fingerprint density at radius 3 is 2.68 bits per heavy atom. The molecule has 2 aromatic rings. The van der Waals surface area contributed by atoms with Crippen molar-refractivity contribution in [3.05, 3.63) is 36.0 Å². The molecule has 1 aromatic heterocycles. The van der Waals surface area contributed by atoms with E-state index < -0.39 is 0 Å². The van der Waals surface area contributed by atoms with Crippen molar-refractivity contribution in [1.82, 2.24) is 4.57 Å². The highest BCUT2D eigenvalue weighted by Crippen LogP contribution is 2.23. The molecule has 2 rings (SSSR count). The van der Waals surface area contributed by atoms with Crippen LogP contribution >= 0.6 is 0 Å². The van der Waals surface area contributed by atoms with Gasteiger partial charge in [0.15, 0.2) is 0 Å². The Kier molecular flexibility index (Phi) is 5.03. The zero-order chi connectivity index (χ0) is 13.7. The third kappa shape index (κ3) is 3.19. The van der Waals surface area contributed by atoms with Crippen molar-refractivity contribution >= 4 is 10.9 Å². The summed E-state index contributed by atoms with van der Waals surface area (Å²) in [7, 11) is 0. The Morgan fingerprint density at radius 2 is 2.00 bits per heavy atom. The predicted octanol–water partition coefficient (Wildman–Crippen LogP) is 4.32. The molecule has 1 heterocycles. The number of hydrogen-bond donors (Lipinski definition) is 1. The van der Waals surface area contributed by atoms with Gasteiger partial charge in [0.1, 0.15) is 0 Å². The van der Waals surface area contributed by atoms with Gasteiger partial charge in [-0.25, -0.2) is 0 Å². The lowest BCUT2D eigenvalue weighted by atomic mass is 9.99. The van der Waals surface area contributed by atoms with Crippen LogP contribution in [0.3, 0.4) is 0 Å². The maximum atomic E-state index is 5.91. The van der Waals surface area contributed by atoms with Crippen LogP contribution < -0.4 is 5.73 Å². The summed E-state index contributed by atoms with van der Waals surface area (Å²) >= 11 is 0. The number of aromatic nitrogens is 1. The van der Waals surface area contributed by atoms with Crippen molar-refractivity contribution in [3.8, 4) is 0 Å². The molecule has 1 unspecified atom stereocenters. The Bertz CT molecular complexity index is 513. The SMILES string of the molecule is CCCCC(CC)Cn1c(CN)cc2ccccc21. The summed E-state index contributed by atoms with van der Waals surface area (Å²) < 4.78 is 2.43. The molecule has 2 heteroatoms. The summed E-state index contributed by atoms with van der Waals surface area (Å²) in [6, 6.07) is 10.8. The smallest absolute Gasteiger partial charge is 0.0483 e. The average Bonchev–Trinajstić information content (AvgIpc) is 2.81. The van der Waals surface area contributed by atoms with Crippen LogP contribution in [0.4, 0.5) is 0 Å². The zero-order valence-corrected chi connectivity index (χ0v) is 12.2. The van der Waals surface area contributed by atoms with E-state index in [4.69, 9.17) is 5.73 Å². The lowest BCUT2D eigenvalue weighted by Gasteiger charge is -2.18. The highest BCUT2D eigenvalue weighted by molar-refractivity contribution is 5.81. The monoisotopic (exact) mass is 258 g/mol.